The summed E-state index contributed by atoms with van der Waals surface area (Å²) in [5.74, 6) is 0.290. The molecular formula is C21H35N3O2Si2. The zero-order valence-corrected chi connectivity index (χ0v) is 20.1. The lowest BCUT2D eigenvalue weighted by Gasteiger charge is -2.34. The fourth-order valence-electron chi connectivity index (χ4n) is 3.59. The Labute approximate surface area is 171 Å². The van der Waals surface area contributed by atoms with Gasteiger partial charge in [0.2, 0.25) is 0 Å². The summed E-state index contributed by atoms with van der Waals surface area (Å²) in [6.07, 6.45) is 5.88. The Bertz CT molecular complexity index is 745. The second-order valence-electron chi connectivity index (χ2n) is 8.87. The van der Waals surface area contributed by atoms with Crippen LogP contribution in [-0.4, -0.2) is 37.4 Å². The summed E-state index contributed by atoms with van der Waals surface area (Å²) in [5.41, 5.74) is 2.02. The molecule has 7 heteroatoms. The first kappa shape index (κ1) is 22.7. The largest absolute Gasteiger partial charge is 0.455 e. The van der Waals surface area contributed by atoms with Gasteiger partial charge in [-0.25, -0.2) is 0 Å². The highest BCUT2D eigenvalue weighted by atomic mass is 28.4. The summed E-state index contributed by atoms with van der Waals surface area (Å²) in [6, 6.07) is 12.4. The maximum absolute atomic E-state index is 11.1. The molecule has 0 radical (unpaired) electrons. The van der Waals surface area contributed by atoms with E-state index in [4.69, 9.17) is 4.12 Å². The van der Waals surface area contributed by atoms with E-state index in [2.05, 4.69) is 48.6 Å². The predicted molar refractivity (Wildman–Crippen MR) is 120 cm³/mol. The normalized spacial score (nSPS) is 12.3. The molecule has 0 N–H and O–H groups in total. The van der Waals surface area contributed by atoms with Crippen LogP contribution in [0.4, 0.5) is 0 Å². The van der Waals surface area contributed by atoms with Crippen LogP contribution >= 0.6 is 0 Å². The maximum Gasteiger partial charge on any atom is 0.173 e. The van der Waals surface area contributed by atoms with Crippen LogP contribution in [0.3, 0.4) is 0 Å². The fourth-order valence-corrected chi connectivity index (χ4v) is 12.5. The summed E-state index contributed by atoms with van der Waals surface area (Å²) in [6.45, 7) is 11.8. The number of unbranched alkanes of at least 4 members (excludes halogenated alkanes) is 1. The van der Waals surface area contributed by atoms with E-state index in [0.717, 1.165) is 49.2 Å². The molecule has 0 spiro atoms. The van der Waals surface area contributed by atoms with Crippen molar-refractivity contribution in [1.82, 2.24) is 15.0 Å². The molecule has 28 heavy (non-hydrogen) atoms. The van der Waals surface area contributed by atoms with Crippen molar-refractivity contribution < 1.29 is 8.91 Å². The van der Waals surface area contributed by atoms with Crippen LogP contribution in [-0.2, 0) is 15.5 Å². The Morgan fingerprint density at radius 1 is 1.00 bits per heavy atom. The highest BCUT2D eigenvalue weighted by Gasteiger charge is 2.32. The van der Waals surface area contributed by atoms with Gasteiger partial charge in [0.15, 0.2) is 16.6 Å². The molecule has 0 saturated heterocycles. The Kier molecular flexibility index (Phi) is 8.33. The lowest BCUT2D eigenvalue weighted by Crippen LogP contribution is -2.44. The number of carbonyl (C=O) groups excluding carboxylic acids is 1. The molecular weight excluding hydrogens is 382 g/mol. The minimum Gasteiger partial charge on any atom is -0.455 e. The highest BCUT2D eigenvalue weighted by Crippen LogP contribution is 2.25. The average molecular weight is 418 g/mol. The third kappa shape index (κ3) is 8.20. The smallest absolute Gasteiger partial charge is 0.173 e. The van der Waals surface area contributed by atoms with Crippen molar-refractivity contribution in [3.63, 3.8) is 0 Å². The van der Waals surface area contributed by atoms with Crippen molar-refractivity contribution in [2.45, 2.75) is 77.4 Å². The molecule has 0 atom stereocenters. The molecule has 1 aromatic heterocycles. The first-order valence-corrected chi connectivity index (χ1v) is 16.6. The van der Waals surface area contributed by atoms with E-state index >= 15 is 0 Å². The van der Waals surface area contributed by atoms with Gasteiger partial charge >= 0.3 is 0 Å². The van der Waals surface area contributed by atoms with E-state index in [0.29, 0.717) is 12.2 Å². The van der Waals surface area contributed by atoms with Gasteiger partial charge in [-0.05, 0) is 58.0 Å². The highest BCUT2D eigenvalue weighted by molar-refractivity contribution is 6.84. The molecule has 2 rings (SSSR count). The Balaban J connectivity index is 1.76. The summed E-state index contributed by atoms with van der Waals surface area (Å²) in [4.78, 5) is 11.1. The molecule has 0 amide bonds. The van der Waals surface area contributed by atoms with Crippen molar-refractivity contribution in [1.29, 1.82) is 0 Å². The number of hydrogen-bond donors (Lipinski definition) is 0. The molecule has 2 aromatic rings. The minimum absolute atomic E-state index is 0.290. The van der Waals surface area contributed by atoms with Crippen LogP contribution in [0.15, 0.2) is 36.5 Å². The zero-order valence-electron chi connectivity index (χ0n) is 18.1. The first-order valence-electron chi connectivity index (χ1n) is 10.3. The zero-order chi connectivity index (χ0) is 20.6. The van der Waals surface area contributed by atoms with Crippen LogP contribution in [0.5, 0.6) is 0 Å². The third-order valence-corrected chi connectivity index (χ3v) is 12.4. The summed E-state index contributed by atoms with van der Waals surface area (Å²) in [7, 11) is -3.36. The third-order valence-electron chi connectivity index (χ3n) is 4.88. The van der Waals surface area contributed by atoms with Gasteiger partial charge in [-0.1, -0.05) is 42.0 Å². The molecule has 0 aliphatic heterocycles. The van der Waals surface area contributed by atoms with Crippen molar-refractivity contribution in [2.24, 2.45) is 0 Å². The van der Waals surface area contributed by atoms with Crippen LogP contribution in [0.2, 0.25) is 38.3 Å². The topological polar surface area (TPSA) is 57.0 Å². The maximum atomic E-state index is 11.1. The standard InChI is InChI=1S/C21H35N3O2Si2/c1-19(25)12-9-10-16-27(2,3)26-28(4,5)17-11-15-24-18-21(22-23-24)20-13-7-6-8-14-20/h6-8,13-14,18H,9-12,15-17H2,1-5H3. The van der Waals surface area contributed by atoms with Gasteiger partial charge in [0.05, 0.1) is 6.20 Å². The fraction of sp³-hybridized carbons (Fsp3) is 0.571. The van der Waals surface area contributed by atoms with Crippen LogP contribution in [0.25, 0.3) is 11.3 Å². The number of hydrogen-bond acceptors (Lipinski definition) is 4. The molecule has 1 heterocycles. The van der Waals surface area contributed by atoms with E-state index in [9.17, 15) is 4.79 Å². The van der Waals surface area contributed by atoms with Gasteiger partial charge in [0.25, 0.3) is 0 Å². The van der Waals surface area contributed by atoms with E-state index in [-0.39, 0.29) is 0 Å². The Morgan fingerprint density at radius 3 is 2.29 bits per heavy atom. The molecule has 0 aliphatic carbocycles. The molecule has 0 unspecified atom stereocenters. The number of aryl methyl sites for hydroxylation is 1. The van der Waals surface area contributed by atoms with Crippen LogP contribution in [0, 0.1) is 0 Å². The Morgan fingerprint density at radius 2 is 1.64 bits per heavy atom. The number of nitrogens with zero attached hydrogens (tertiary/aromatic N) is 3. The van der Waals surface area contributed by atoms with Crippen LogP contribution < -0.4 is 0 Å². The Hall–Kier alpha value is -1.58. The number of ketones is 1. The van der Waals surface area contributed by atoms with E-state index in [1.54, 1.807) is 6.92 Å². The lowest BCUT2D eigenvalue weighted by atomic mass is 10.2. The molecule has 154 valence electrons. The first-order chi connectivity index (χ1) is 13.2. The van der Waals surface area contributed by atoms with E-state index in [1.807, 2.05) is 29.1 Å². The molecule has 1 aromatic carbocycles. The molecule has 0 fully saturated rings. The number of rotatable bonds is 12. The number of Topliss-reactive ketones (excluding diaryl/α,β-unsaturated/α-hetero) is 1. The average Bonchev–Trinajstić information content (AvgIpc) is 3.07. The lowest BCUT2D eigenvalue weighted by molar-refractivity contribution is -0.117. The van der Waals surface area contributed by atoms with E-state index in [1.165, 1.54) is 0 Å². The predicted octanol–water partition coefficient (Wildman–Crippen LogP) is 5.52. The van der Waals surface area contributed by atoms with Gasteiger partial charge in [0.1, 0.15) is 11.5 Å². The van der Waals surface area contributed by atoms with Crippen LogP contribution in [0.1, 0.15) is 32.6 Å². The summed E-state index contributed by atoms with van der Waals surface area (Å²) >= 11 is 0. The minimum atomic E-state index is -1.70. The van der Waals surface area contributed by atoms with Crippen molar-refractivity contribution in [2.75, 3.05) is 0 Å². The van der Waals surface area contributed by atoms with Gasteiger partial charge in [-0.3, -0.25) is 4.68 Å². The van der Waals surface area contributed by atoms with Gasteiger partial charge in [-0.15, -0.1) is 5.10 Å². The van der Waals surface area contributed by atoms with Crippen molar-refractivity contribution >= 4 is 22.4 Å². The van der Waals surface area contributed by atoms with E-state index < -0.39 is 16.6 Å². The summed E-state index contributed by atoms with van der Waals surface area (Å²) < 4.78 is 8.63. The molecule has 0 aliphatic rings. The second kappa shape index (κ2) is 10.3. The number of benzene rings is 1. The number of aromatic nitrogens is 3. The number of carbonyl (C=O) groups is 1. The van der Waals surface area contributed by atoms with Gasteiger partial charge < -0.3 is 8.91 Å². The van der Waals surface area contributed by atoms with Crippen molar-refractivity contribution in [3.8, 4) is 11.3 Å². The molecule has 5 nitrogen and oxygen atoms in total. The SMILES string of the molecule is CC(=O)CCCC[Si](C)(C)O[Si](C)(C)CCCn1cc(-c2ccccc2)nn1. The second-order valence-corrected chi connectivity index (χ2v) is 17.7. The monoisotopic (exact) mass is 417 g/mol. The van der Waals surface area contributed by atoms with Gasteiger partial charge in [0, 0.05) is 18.5 Å². The molecule has 0 saturated carbocycles. The summed E-state index contributed by atoms with van der Waals surface area (Å²) in [5, 5.41) is 8.56. The molecule has 0 bridgehead atoms. The van der Waals surface area contributed by atoms with Gasteiger partial charge in [-0.2, -0.15) is 0 Å². The van der Waals surface area contributed by atoms with Crippen molar-refractivity contribution in [3.05, 3.63) is 36.5 Å². The quantitative estimate of drug-likeness (QED) is 0.337.